The molecule has 0 radical (unpaired) electrons. The molecule has 76 valence electrons. The molecule has 1 heteroatoms. The van der Waals surface area contributed by atoms with Gasteiger partial charge in [-0.25, -0.2) is 0 Å². The monoisotopic (exact) mass is 189 g/mol. The fraction of sp³-hybridized carbons (Fsp3) is 0.538. The molecule has 0 unspecified atom stereocenters. The predicted octanol–water partition coefficient (Wildman–Crippen LogP) is 3.61. The van der Waals surface area contributed by atoms with Gasteiger partial charge in [-0.05, 0) is 49.8 Å². The summed E-state index contributed by atoms with van der Waals surface area (Å²) in [6.07, 6.45) is 1.25. The van der Waals surface area contributed by atoms with Gasteiger partial charge < -0.3 is 5.32 Å². The summed E-state index contributed by atoms with van der Waals surface area (Å²) >= 11 is 0. The zero-order valence-corrected chi connectivity index (χ0v) is 9.52. The van der Waals surface area contributed by atoms with E-state index in [0.717, 1.165) is 0 Å². The van der Waals surface area contributed by atoms with E-state index in [4.69, 9.17) is 0 Å². The summed E-state index contributed by atoms with van der Waals surface area (Å²) in [5.74, 6) is 0.695. The van der Waals surface area contributed by atoms with Crippen LogP contribution in [0.5, 0.6) is 0 Å². The van der Waals surface area contributed by atoms with E-state index in [1.807, 2.05) is 0 Å². The summed E-state index contributed by atoms with van der Waals surface area (Å²) in [5, 5.41) is 3.60. The predicted molar refractivity (Wildman–Crippen MR) is 62.0 cm³/mol. The zero-order chi connectivity index (χ0) is 10.3. The maximum atomic E-state index is 3.60. The molecule has 0 aromatic heterocycles. The van der Waals surface area contributed by atoms with Gasteiger partial charge in [-0.1, -0.05) is 19.1 Å². The van der Waals surface area contributed by atoms with Crippen LogP contribution < -0.4 is 5.32 Å². The molecule has 0 saturated carbocycles. The Kier molecular flexibility index (Phi) is 2.26. The van der Waals surface area contributed by atoms with Crippen LogP contribution in [-0.2, 0) is 0 Å². The van der Waals surface area contributed by atoms with E-state index >= 15 is 0 Å². The maximum absolute atomic E-state index is 3.60. The quantitative estimate of drug-likeness (QED) is 0.657. The summed E-state index contributed by atoms with van der Waals surface area (Å²) in [5.41, 5.74) is 5.68. The minimum absolute atomic E-state index is 0.609. The Bertz CT molecular complexity index is 354. The highest BCUT2D eigenvalue weighted by molar-refractivity contribution is 5.62. The third-order valence-electron chi connectivity index (χ3n) is 3.40. The van der Waals surface area contributed by atoms with Crippen molar-refractivity contribution < 1.29 is 0 Å². The van der Waals surface area contributed by atoms with Crippen LogP contribution in [0.4, 0.5) is 5.69 Å². The molecule has 0 aliphatic carbocycles. The third kappa shape index (κ3) is 1.41. The van der Waals surface area contributed by atoms with Crippen molar-refractivity contribution in [3.05, 3.63) is 28.8 Å². The van der Waals surface area contributed by atoms with Crippen molar-refractivity contribution in [2.45, 2.75) is 46.1 Å². The van der Waals surface area contributed by atoms with Crippen LogP contribution in [0.2, 0.25) is 0 Å². The highest BCUT2D eigenvalue weighted by atomic mass is 14.9. The van der Waals surface area contributed by atoms with Crippen molar-refractivity contribution in [1.82, 2.24) is 0 Å². The lowest BCUT2D eigenvalue weighted by atomic mass is 9.86. The number of rotatable bonds is 0. The minimum Gasteiger partial charge on any atom is -0.382 e. The summed E-state index contributed by atoms with van der Waals surface area (Å²) in [7, 11) is 0. The largest absolute Gasteiger partial charge is 0.382 e. The molecule has 1 aliphatic rings. The van der Waals surface area contributed by atoms with Gasteiger partial charge in [0.1, 0.15) is 0 Å². The molecular formula is C13H19N. The first kappa shape index (κ1) is 9.57. The van der Waals surface area contributed by atoms with Crippen LogP contribution >= 0.6 is 0 Å². The van der Waals surface area contributed by atoms with Crippen LogP contribution in [0, 0.1) is 13.8 Å². The van der Waals surface area contributed by atoms with Gasteiger partial charge in [-0.2, -0.15) is 0 Å². The second kappa shape index (κ2) is 3.30. The van der Waals surface area contributed by atoms with Crippen molar-refractivity contribution in [3.63, 3.8) is 0 Å². The van der Waals surface area contributed by atoms with E-state index in [0.29, 0.717) is 12.0 Å². The molecule has 14 heavy (non-hydrogen) atoms. The molecule has 2 rings (SSSR count). The first-order valence-electron chi connectivity index (χ1n) is 5.46. The summed E-state index contributed by atoms with van der Waals surface area (Å²) in [4.78, 5) is 0. The lowest BCUT2D eigenvalue weighted by Gasteiger charge is -2.31. The van der Waals surface area contributed by atoms with Gasteiger partial charge >= 0.3 is 0 Å². The molecule has 0 fully saturated rings. The molecule has 1 heterocycles. The molecule has 1 N–H and O–H groups in total. The molecule has 2 atom stereocenters. The summed E-state index contributed by atoms with van der Waals surface area (Å²) < 4.78 is 0. The fourth-order valence-electron chi connectivity index (χ4n) is 2.40. The highest BCUT2D eigenvalue weighted by Gasteiger charge is 2.22. The van der Waals surface area contributed by atoms with Crippen LogP contribution in [0.3, 0.4) is 0 Å². The molecule has 1 nitrogen and oxygen atoms in total. The topological polar surface area (TPSA) is 12.0 Å². The van der Waals surface area contributed by atoms with Gasteiger partial charge in [0, 0.05) is 11.7 Å². The highest BCUT2D eigenvalue weighted by Crippen LogP contribution is 2.36. The Morgan fingerprint density at radius 3 is 2.64 bits per heavy atom. The number of hydrogen-bond donors (Lipinski definition) is 1. The average molecular weight is 189 g/mol. The number of benzene rings is 1. The van der Waals surface area contributed by atoms with Gasteiger partial charge in [0.2, 0.25) is 0 Å². The van der Waals surface area contributed by atoms with Crippen molar-refractivity contribution in [1.29, 1.82) is 0 Å². The third-order valence-corrected chi connectivity index (χ3v) is 3.40. The molecule has 1 aliphatic heterocycles. The van der Waals surface area contributed by atoms with Gasteiger partial charge in [0.05, 0.1) is 0 Å². The first-order chi connectivity index (χ1) is 6.59. The Morgan fingerprint density at radius 1 is 1.21 bits per heavy atom. The zero-order valence-electron chi connectivity index (χ0n) is 9.52. The number of aryl methyl sites for hydroxylation is 1. The number of anilines is 1. The fourth-order valence-corrected chi connectivity index (χ4v) is 2.40. The second-order valence-corrected chi connectivity index (χ2v) is 4.65. The van der Waals surface area contributed by atoms with Crippen LogP contribution in [0.15, 0.2) is 12.1 Å². The van der Waals surface area contributed by atoms with Crippen molar-refractivity contribution >= 4 is 5.69 Å². The van der Waals surface area contributed by atoms with E-state index in [9.17, 15) is 0 Å². The Morgan fingerprint density at radius 2 is 1.93 bits per heavy atom. The lowest BCUT2D eigenvalue weighted by molar-refractivity contribution is 0.589. The number of nitrogens with one attached hydrogen (secondary N) is 1. The summed E-state index contributed by atoms with van der Waals surface area (Å²) in [6, 6.07) is 5.13. The van der Waals surface area contributed by atoms with Crippen molar-refractivity contribution in [2.24, 2.45) is 0 Å². The van der Waals surface area contributed by atoms with Crippen molar-refractivity contribution in [3.8, 4) is 0 Å². The second-order valence-electron chi connectivity index (χ2n) is 4.65. The van der Waals surface area contributed by atoms with Crippen molar-refractivity contribution in [2.75, 3.05) is 5.32 Å². The molecule has 0 amide bonds. The van der Waals surface area contributed by atoms with Gasteiger partial charge in [0.25, 0.3) is 0 Å². The van der Waals surface area contributed by atoms with Gasteiger partial charge in [-0.3, -0.25) is 0 Å². The van der Waals surface area contributed by atoms with Gasteiger partial charge in [-0.15, -0.1) is 0 Å². The Labute approximate surface area is 86.5 Å². The summed E-state index contributed by atoms with van der Waals surface area (Å²) in [6.45, 7) is 8.99. The Balaban J connectivity index is 2.54. The smallest absolute Gasteiger partial charge is 0.0409 e. The van der Waals surface area contributed by atoms with E-state index in [1.165, 1.54) is 28.8 Å². The maximum Gasteiger partial charge on any atom is 0.0409 e. The van der Waals surface area contributed by atoms with E-state index in [1.54, 1.807) is 0 Å². The average Bonchev–Trinajstić information content (AvgIpc) is 2.12. The molecule has 0 saturated heterocycles. The molecule has 0 spiro atoms. The van der Waals surface area contributed by atoms with E-state index < -0.39 is 0 Å². The SMILES string of the molecule is Cc1ccc2c(c1C)N[C@H](C)C[C@@H]2C. The normalized spacial score (nSPS) is 25.4. The minimum atomic E-state index is 0.609. The Hall–Kier alpha value is -0.980. The van der Waals surface area contributed by atoms with E-state index in [-0.39, 0.29) is 0 Å². The molecule has 1 aromatic carbocycles. The lowest BCUT2D eigenvalue weighted by Crippen LogP contribution is -2.25. The van der Waals surface area contributed by atoms with Crippen LogP contribution in [0.25, 0.3) is 0 Å². The standard InChI is InChI=1S/C13H19N/c1-8-5-6-12-9(2)7-10(3)14-13(12)11(8)4/h5-6,9-10,14H,7H2,1-4H3/t9-,10+/m0/s1. The van der Waals surface area contributed by atoms with Crippen LogP contribution in [0.1, 0.15) is 42.9 Å². The van der Waals surface area contributed by atoms with Gasteiger partial charge in [0.15, 0.2) is 0 Å². The van der Waals surface area contributed by atoms with Crippen LogP contribution in [-0.4, -0.2) is 6.04 Å². The molecule has 1 aromatic rings. The molecule has 0 bridgehead atoms. The number of fused-ring (bicyclic) bond motifs is 1. The number of hydrogen-bond acceptors (Lipinski definition) is 1. The molecular weight excluding hydrogens is 170 g/mol. The van der Waals surface area contributed by atoms with E-state index in [2.05, 4.69) is 45.1 Å². The first-order valence-corrected chi connectivity index (χ1v) is 5.46.